The molecule has 3 heteroatoms. The van der Waals surface area contributed by atoms with Crippen LogP contribution in [0.3, 0.4) is 0 Å². The lowest BCUT2D eigenvalue weighted by Crippen LogP contribution is -1.93. The number of hydrogen-bond donors (Lipinski definition) is 1. The summed E-state index contributed by atoms with van der Waals surface area (Å²) in [5.41, 5.74) is 6.74. The lowest BCUT2D eigenvalue weighted by atomic mass is 10.2. The summed E-state index contributed by atoms with van der Waals surface area (Å²) in [6, 6.07) is 5.04. The van der Waals surface area contributed by atoms with Gasteiger partial charge in [-0.05, 0) is 17.7 Å². The molecule has 0 saturated carbocycles. The van der Waals surface area contributed by atoms with Gasteiger partial charge in [-0.25, -0.2) is 5.11 Å². The van der Waals surface area contributed by atoms with Gasteiger partial charge in [0.05, 0.1) is 12.8 Å². The van der Waals surface area contributed by atoms with E-state index < -0.39 is 0 Å². The van der Waals surface area contributed by atoms with E-state index in [-0.39, 0.29) is 6.61 Å². The minimum Gasteiger partial charge on any atom is -0.495 e. The van der Waals surface area contributed by atoms with Crippen molar-refractivity contribution in [3.05, 3.63) is 23.8 Å². The highest BCUT2D eigenvalue weighted by Gasteiger charge is 1.98. The zero-order valence-corrected chi connectivity index (χ0v) is 6.33. The number of methoxy groups -OCH3 is 1. The van der Waals surface area contributed by atoms with Crippen molar-refractivity contribution in [3.63, 3.8) is 0 Å². The maximum Gasteiger partial charge on any atom is 0.141 e. The van der Waals surface area contributed by atoms with Crippen molar-refractivity contribution < 1.29 is 9.84 Å². The van der Waals surface area contributed by atoms with Gasteiger partial charge in [0.2, 0.25) is 0 Å². The van der Waals surface area contributed by atoms with Gasteiger partial charge >= 0.3 is 0 Å². The normalized spacial score (nSPS) is 9.64. The molecular weight excluding hydrogens is 142 g/mol. The largest absolute Gasteiger partial charge is 0.495 e. The van der Waals surface area contributed by atoms with E-state index in [2.05, 4.69) is 0 Å². The molecule has 0 aliphatic heterocycles. The molecule has 0 spiro atoms. The van der Waals surface area contributed by atoms with E-state index in [1.54, 1.807) is 25.3 Å². The fraction of sp³-hybridized carbons (Fsp3) is 0.250. The summed E-state index contributed by atoms with van der Waals surface area (Å²) in [5.74, 6) is 0.613. The average Bonchev–Trinajstić information content (AvgIpc) is 2.04. The van der Waals surface area contributed by atoms with Crippen LogP contribution in [0.4, 0.5) is 5.69 Å². The number of nitrogens with two attached hydrogens (primary N) is 1. The first kappa shape index (κ1) is 7.88. The maximum atomic E-state index is 10.4. The third-order valence-electron chi connectivity index (χ3n) is 1.46. The molecule has 1 aromatic rings. The Balaban J connectivity index is 2.99. The zero-order chi connectivity index (χ0) is 8.27. The van der Waals surface area contributed by atoms with Gasteiger partial charge in [-0.1, -0.05) is 6.07 Å². The quantitative estimate of drug-likeness (QED) is 0.647. The number of hydrogen-bond acceptors (Lipinski definition) is 2. The number of rotatable bonds is 2. The molecule has 1 rings (SSSR count). The van der Waals surface area contributed by atoms with Gasteiger partial charge < -0.3 is 10.5 Å². The highest BCUT2D eigenvalue weighted by Crippen LogP contribution is 2.21. The lowest BCUT2D eigenvalue weighted by molar-refractivity contribution is 0.177. The molecule has 0 atom stereocenters. The Bertz CT molecular complexity index is 248. The monoisotopic (exact) mass is 152 g/mol. The second kappa shape index (κ2) is 3.25. The fourth-order valence-corrected chi connectivity index (χ4v) is 0.874. The molecule has 11 heavy (non-hydrogen) atoms. The topological polar surface area (TPSA) is 55.1 Å². The Labute approximate surface area is 65.4 Å². The molecule has 0 amide bonds. The second-order valence-electron chi connectivity index (χ2n) is 2.22. The number of benzene rings is 1. The average molecular weight is 152 g/mol. The molecule has 0 heterocycles. The summed E-state index contributed by atoms with van der Waals surface area (Å²) in [5, 5.41) is 10.4. The van der Waals surface area contributed by atoms with Gasteiger partial charge in [-0.15, -0.1) is 0 Å². The van der Waals surface area contributed by atoms with Gasteiger partial charge in [0, 0.05) is 0 Å². The van der Waals surface area contributed by atoms with Crippen molar-refractivity contribution in [1.82, 2.24) is 0 Å². The first-order chi connectivity index (χ1) is 5.27. The van der Waals surface area contributed by atoms with E-state index in [1.165, 1.54) is 0 Å². The highest BCUT2D eigenvalue weighted by atomic mass is 16.5. The van der Waals surface area contributed by atoms with Crippen LogP contribution in [0.15, 0.2) is 18.2 Å². The Morgan fingerprint density at radius 1 is 1.55 bits per heavy atom. The first-order valence-corrected chi connectivity index (χ1v) is 3.28. The fourth-order valence-electron chi connectivity index (χ4n) is 0.874. The molecule has 0 aliphatic rings. The minimum atomic E-state index is -0.242. The van der Waals surface area contributed by atoms with Crippen LogP contribution in [0.2, 0.25) is 0 Å². The Kier molecular flexibility index (Phi) is 2.33. The van der Waals surface area contributed by atoms with E-state index in [1.807, 2.05) is 0 Å². The summed E-state index contributed by atoms with van der Waals surface area (Å²) in [4.78, 5) is 0. The molecule has 2 N–H and O–H groups in total. The van der Waals surface area contributed by atoms with E-state index in [9.17, 15) is 5.11 Å². The SMILES string of the molecule is COc1ccc(C[O])cc1N. The van der Waals surface area contributed by atoms with E-state index in [4.69, 9.17) is 10.5 Å². The summed E-state index contributed by atoms with van der Waals surface area (Å²) < 4.78 is 4.92. The van der Waals surface area contributed by atoms with Gasteiger partial charge in [-0.3, -0.25) is 0 Å². The Morgan fingerprint density at radius 2 is 2.27 bits per heavy atom. The van der Waals surface area contributed by atoms with Crippen LogP contribution in [-0.2, 0) is 11.7 Å². The summed E-state index contributed by atoms with van der Waals surface area (Å²) >= 11 is 0. The molecule has 0 unspecified atom stereocenters. The van der Waals surface area contributed by atoms with Crippen molar-refractivity contribution in [2.75, 3.05) is 12.8 Å². The third kappa shape index (κ3) is 1.62. The van der Waals surface area contributed by atoms with Crippen molar-refractivity contribution in [2.24, 2.45) is 0 Å². The van der Waals surface area contributed by atoms with Crippen LogP contribution in [0.25, 0.3) is 0 Å². The first-order valence-electron chi connectivity index (χ1n) is 3.28. The van der Waals surface area contributed by atoms with Crippen LogP contribution in [0, 0.1) is 0 Å². The van der Waals surface area contributed by atoms with Crippen molar-refractivity contribution in [2.45, 2.75) is 6.61 Å². The van der Waals surface area contributed by atoms with Crippen molar-refractivity contribution in [1.29, 1.82) is 0 Å². The molecule has 0 aliphatic carbocycles. The second-order valence-corrected chi connectivity index (χ2v) is 2.22. The van der Waals surface area contributed by atoms with Crippen LogP contribution in [0.1, 0.15) is 5.56 Å². The van der Waals surface area contributed by atoms with E-state index in [0.717, 1.165) is 0 Å². The zero-order valence-electron chi connectivity index (χ0n) is 6.33. The predicted octanol–water partition coefficient (Wildman–Crippen LogP) is 1.21. The predicted molar refractivity (Wildman–Crippen MR) is 41.8 cm³/mol. The standard InChI is InChI=1S/C8H10NO2/c1-11-8-3-2-6(5-10)4-7(8)9/h2-4H,5,9H2,1H3. The van der Waals surface area contributed by atoms with Gasteiger partial charge in [0.15, 0.2) is 0 Å². The Morgan fingerprint density at radius 3 is 2.73 bits per heavy atom. The third-order valence-corrected chi connectivity index (χ3v) is 1.46. The molecule has 0 saturated heterocycles. The summed E-state index contributed by atoms with van der Waals surface area (Å²) in [7, 11) is 1.54. The highest BCUT2D eigenvalue weighted by molar-refractivity contribution is 5.54. The van der Waals surface area contributed by atoms with Crippen LogP contribution in [-0.4, -0.2) is 7.11 Å². The molecule has 1 aromatic carbocycles. The maximum absolute atomic E-state index is 10.4. The van der Waals surface area contributed by atoms with Gasteiger partial charge in [0.1, 0.15) is 12.4 Å². The minimum absolute atomic E-state index is 0.242. The number of anilines is 1. The molecule has 0 aromatic heterocycles. The number of ether oxygens (including phenoxy) is 1. The molecule has 59 valence electrons. The molecule has 1 radical (unpaired) electrons. The summed E-state index contributed by atoms with van der Waals surface area (Å²) in [6.45, 7) is -0.242. The smallest absolute Gasteiger partial charge is 0.141 e. The van der Waals surface area contributed by atoms with Crippen molar-refractivity contribution >= 4 is 5.69 Å². The lowest BCUT2D eigenvalue weighted by Gasteiger charge is -2.04. The molecule has 0 fully saturated rings. The molecule has 3 nitrogen and oxygen atoms in total. The van der Waals surface area contributed by atoms with E-state index in [0.29, 0.717) is 17.0 Å². The van der Waals surface area contributed by atoms with E-state index >= 15 is 0 Å². The number of nitrogen functional groups attached to an aromatic ring is 1. The molecule has 0 bridgehead atoms. The van der Waals surface area contributed by atoms with Crippen molar-refractivity contribution in [3.8, 4) is 5.75 Å². The Hall–Kier alpha value is -1.22. The molecular formula is C8H10NO2. The van der Waals surface area contributed by atoms with Crippen LogP contribution in [0.5, 0.6) is 5.75 Å². The summed E-state index contributed by atoms with van der Waals surface area (Å²) in [6.07, 6.45) is 0. The van der Waals surface area contributed by atoms with Crippen LogP contribution >= 0.6 is 0 Å². The van der Waals surface area contributed by atoms with Crippen LogP contribution < -0.4 is 10.5 Å². The van der Waals surface area contributed by atoms with Gasteiger partial charge in [-0.2, -0.15) is 0 Å². The van der Waals surface area contributed by atoms with Gasteiger partial charge in [0.25, 0.3) is 0 Å².